The van der Waals surface area contributed by atoms with Crippen LogP contribution in [0.15, 0.2) is 385 Å². The fraction of sp³-hybridized carbons (Fsp3) is 0.0660. The van der Waals surface area contributed by atoms with Crippen molar-refractivity contribution in [1.82, 2.24) is 24.1 Å². The molecule has 4 heterocycles. The first kappa shape index (κ1) is 76.1. The van der Waals surface area contributed by atoms with E-state index in [-0.39, 0.29) is 23.6 Å². The average Bonchev–Trinajstić information content (AvgIpc) is 1.57. The number of rotatable bonds is 6. The average molecular weight is 1780 g/mol. The van der Waals surface area contributed by atoms with Gasteiger partial charge in [-0.2, -0.15) is 9.97 Å². The molecule has 0 radical (unpaired) electrons. The van der Waals surface area contributed by atoms with E-state index in [1.54, 1.807) is 0 Å². The Kier molecular flexibility index (Phi) is 20.8. The van der Waals surface area contributed by atoms with E-state index in [1.165, 1.54) is 145 Å². The number of fused-ring (bicyclic) bond motifs is 21. The van der Waals surface area contributed by atoms with Gasteiger partial charge in [0.25, 0.3) is 0 Å². The molecular weight excluding hydrogens is 1710 g/mol. The summed E-state index contributed by atoms with van der Waals surface area (Å²) in [6.07, 6.45) is 1.06. The van der Waals surface area contributed by atoms with Crippen LogP contribution in [0.4, 0.5) is 0 Å². The summed E-state index contributed by atoms with van der Waals surface area (Å²) in [5.41, 5.74) is 17.5. The van der Waals surface area contributed by atoms with Crippen LogP contribution in [-0.4, -0.2) is 42.4 Å². The highest BCUT2D eigenvalue weighted by Crippen LogP contribution is 2.47. The van der Waals surface area contributed by atoms with Crippen LogP contribution >= 0.6 is 66.1 Å². The van der Waals surface area contributed by atoms with Crippen LogP contribution in [0, 0.1) is 3.57 Å². The summed E-state index contributed by atoms with van der Waals surface area (Å²) in [6, 6.07) is 133. The maximum absolute atomic E-state index is 6.29. The van der Waals surface area contributed by atoms with E-state index in [1.807, 2.05) is 72.8 Å². The SMILES string of the molecule is Brc1ccc(-n2c3ccc4ccccc4c3c3c4ccccc4ccc32)cc1.Brc1ccc(I)cc1.CC1(C)OB(c2ccc(-n3c4ccc5ccccc5c4c4c5ccccc5ccc43)cc2)OC1(C)C.Clc1nc(-c2ccccc2)nc(-c2ccc(-c3ccccc3)cc2)n1.c1ccc2c3c(ccc2c1)Cc1ccc2ccccc2c1-3. The summed E-state index contributed by atoms with van der Waals surface area (Å²) >= 11 is 15.3. The molecule has 2 aliphatic rings. The van der Waals surface area contributed by atoms with Crippen molar-refractivity contribution in [2.24, 2.45) is 0 Å². The lowest BCUT2D eigenvalue weighted by atomic mass is 9.79. The predicted molar refractivity (Wildman–Crippen MR) is 513 cm³/mol. The standard InChI is InChI=1S/C32H28BNO2.C26H16BrN.C21H14ClN3.C21H14.C6H4BrI/c1-31(2)32(3,4)36-33(35-31)23-15-17-24(18-16-23)34-27-19-13-21-9-5-7-11-25(21)29(27)30-26-12-8-6-10-22(26)14-20-28(30)34;27-19-11-13-20(14-12-19)28-23-15-9-17-5-1-3-7-21(17)25(23)26-22-8-4-2-6-18(22)10-16-24(26)28;22-21-24-19(17-9-5-2-6-10-17)23-20(25-21)18-13-11-16(12-14-18)15-7-3-1-4-8-15;1-3-7-18-14(5-1)9-11-16-13-17-12-10-15-6-2-4-8-19(15)21(17)20(16)18;7-5-1-3-6(8)4-2-5/h5-20H,1-4H3;1-16H;1-14H;1-12H,13H2;1-4H. The van der Waals surface area contributed by atoms with Crippen LogP contribution in [0.25, 0.3) is 165 Å². The van der Waals surface area contributed by atoms with Crippen molar-refractivity contribution in [1.29, 1.82) is 0 Å². The summed E-state index contributed by atoms with van der Waals surface area (Å²) in [6.45, 7) is 8.37. The molecule has 0 spiro atoms. The molecule has 0 atom stereocenters. The Morgan fingerprint density at radius 1 is 0.314 bits per heavy atom. The van der Waals surface area contributed by atoms with Crippen molar-refractivity contribution in [3.8, 4) is 56.4 Å². The van der Waals surface area contributed by atoms with Crippen molar-refractivity contribution in [3.63, 3.8) is 0 Å². The molecule has 18 aromatic carbocycles. The first-order valence-electron chi connectivity index (χ1n) is 39.6. The van der Waals surface area contributed by atoms with Gasteiger partial charge in [-0.15, -0.1) is 0 Å². The van der Waals surface area contributed by atoms with Crippen LogP contribution in [0.2, 0.25) is 5.28 Å². The number of halogens is 4. The van der Waals surface area contributed by atoms with Crippen molar-refractivity contribution in [2.45, 2.75) is 45.3 Å². The normalized spacial score (nSPS) is 13.1. The topological polar surface area (TPSA) is 67.0 Å². The van der Waals surface area contributed by atoms with Gasteiger partial charge in [-0.3, -0.25) is 0 Å². The van der Waals surface area contributed by atoms with Gasteiger partial charge in [0, 0.05) is 56.6 Å². The molecule has 12 heteroatoms. The molecule has 1 aliphatic carbocycles. The van der Waals surface area contributed by atoms with Crippen molar-refractivity contribution < 1.29 is 9.31 Å². The summed E-state index contributed by atoms with van der Waals surface area (Å²) in [5.74, 6) is 1.14. The molecule has 1 aliphatic heterocycles. The van der Waals surface area contributed by atoms with Gasteiger partial charge in [0.2, 0.25) is 5.28 Å². The third-order valence-electron chi connectivity index (χ3n) is 23.2. The molecule has 118 heavy (non-hydrogen) atoms. The van der Waals surface area contributed by atoms with Gasteiger partial charge in [0.05, 0.1) is 33.3 Å². The highest BCUT2D eigenvalue weighted by Gasteiger charge is 2.51. The number of hydrogen-bond donors (Lipinski definition) is 0. The lowest BCUT2D eigenvalue weighted by Gasteiger charge is -2.32. The molecule has 0 unspecified atom stereocenters. The van der Waals surface area contributed by atoms with E-state index >= 15 is 0 Å². The number of aromatic nitrogens is 5. The van der Waals surface area contributed by atoms with Gasteiger partial charge >= 0.3 is 7.12 Å². The highest BCUT2D eigenvalue weighted by atomic mass is 127. The Labute approximate surface area is 720 Å². The molecule has 0 N–H and O–H groups in total. The van der Waals surface area contributed by atoms with Gasteiger partial charge in [-0.1, -0.05) is 323 Å². The second kappa shape index (κ2) is 32.2. The van der Waals surface area contributed by atoms with Crippen LogP contribution in [0.3, 0.4) is 0 Å². The van der Waals surface area contributed by atoms with Crippen LogP contribution in [0.5, 0.6) is 0 Å². The minimum absolute atomic E-state index is 0.191. The Morgan fingerprint density at radius 2 is 0.610 bits per heavy atom. The van der Waals surface area contributed by atoms with Gasteiger partial charge < -0.3 is 18.4 Å². The van der Waals surface area contributed by atoms with E-state index < -0.39 is 0 Å². The van der Waals surface area contributed by atoms with Gasteiger partial charge in [0.15, 0.2) is 11.6 Å². The minimum Gasteiger partial charge on any atom is -0.399 e. The second-order valence-corrected chi connectivity index (χ2v) is 34.3. The monoisotopic (exact) mass is 1780 g/mol. The van der Waals surface area contributed by atoms with Crippen molar-refractivity contribution in [3.05, 3.63) is 405 Å². The zero-order valence-electron chi connectivity index (χ0n) is 65.1. The van der Waals surface area contributed by atoms with E-state index in [0.717, 1.165) is 43.2 Å². The number of nitrogens with zero attached hydrogens (tertiary/aromatic N) is 5. The maximum atomic E-state index is 6.29. The zero-order chi connectivity index (χ0) is 80.2. The van der Waals surface area contributed by atoms with E-state index in [0.29, 0.717) is 11.6 Å². The fourth-order valence-corrected chi connectivity index (χ4v) is 17.8. The Balaban J connectivity index is 0.000000103. The molecule has 0 saturated carbocycles. The van der Waals surface area contributed by atoms with Crippen LogP contribution < -0.4 is 5.46 Å². The predicted octanol–water partition coefficient (Wildman–Crippen LogP) is 29.4. The third-order valence-corrected chi connectivity index (χ3v) is 25.2. The summed E-state index contributed by atoms with van der Waals surface area (Å²) in [5, 5.41) is 21.1. The first-order valence-corrected chi connectivity index (χ1v) is 42.6. The lowest BCUT2D eigenvalue weighted by Crippen LogP contribution is -2.41. The summed E-state index contributed by atoms with van der Waals surface area (Å²) in [7, 11) is -0.366. The zero-order valence-corrected chi connectivity index (χ0v) is 71.2. The maximum Gasteiger partial charge on any atom is 0.494 e. The summed E-state index contributed by atoms with van der Waals surface area (Å²) < 4.78 is 20.8. The van der Waals surface area contributed by atoms with E-state index in [4.69, 9.17) is 20.9 Å². The molecule has 7 nitrogen and oxygen atoms in total. The summed E-state index contributed by atoms with van der Waals surface area (Å²) in [4.78, 5) is 13.1. The Bertz CT molecular complexity index is 7080. The van der Waals surface area contributed by atoms with Crippen LogP contribution in [0.1, 0.15) is 38.8 Å². The van der Waals surface area contributed by atoms with Crippen LogP contribution in [-0.2, 0) is 15.7 Å². The van der Waals surface area contributed by atoms with Crippen molar-refractivity contribution >= 4 is 187 Å². The molecule has 3 aromatic heterocycles. The fourth-order valence-electron chi connectivity index (χ4n) is 16.8. The number of benzene rings is 18. The minimum atomic E-state index is -0.366. The third kappa shape index (κ3) is 14.6. The smallest absolute Gasteiger partial charge is 0.399 e. The van der Waals surface area contributed by atoms with Gasteiger partial charge in [-0.25, -0.2) is 4.98 Å². The lowest BCUT2D eigenvalue weighted by molar-refractivity contribution is 0.00578. The molecule has 568 valence electrons. The molecule has 21 aromatic rings. The molecule has 1 fully saturated rings. The molecule has 1 saturated heterocycles. The molecule has 23 rings (SSSR count). The van der Waals surface area contributed by atoms with Gasteiger partial charge in [-0.05, 0) is 257 Å². The van der Waals surface area contributed by atoms with E-state index in [2.05, 4.69) is 410 Å². The second-order valence-electron chi connectivity index (χ2n) is 30.9. The molecular formula is C106H76BBr2ClIN5O2. The molecule has 0 amide bonds. The first-order chi connectivity index (χ1) is 57.6. The quantitative estimate of drug-likeness (QED) is 0.123. The van der Waals surface area contributed by atoms with Crippen molar-refractivity contribution in [2.75, 3.05) is 0 Å². The largest absolute Gasteiger partial charge is 0.494 e. The Morgan fingerprint density at radius 3 is 0.992 bits per heavy atom. The van der Waals surface area contributed by atoms with Gasteiger partial charge in [0.1, 0.15) is 0 Å². The Hall–Kier alpha value is -11.9. The highest BCUT2D eigenvalue weighted by molar-refractivity contribution is 14.1. The molecule has 0 bridgehead atoms. The number of hydrogen-bond acceptors (Lipinski definition) is 5. The van der Waals surface area contributed by atoms with E-state index in [9.17, 15) is 0 Å².